The first-order valence-corrected chi connectivity index (χ1v) is 16.1. The Morgan fingerprint density at radius 1 is 0.674 bits per heavy atom. The zero-order valence-electron chi connectivity index (χ0n) is 30.9. The second-order valence-electron chi connectivity index (χ2n) is 13.0. The third kappa shape index (κ3) is 5.56. The molecule has 5 aromatic carbocycles. The summed E-state index contributed by atoms with van der Waals surface area (Å²) in [6.07, 6.45) is 4.29. The van der Waals surface area contributed by atoms with E-state index in [0.29, 0.717) is 23.0 Å². The number of nitrogens with zero attached hydrogens (tertiary/aromatic N) is 2. The molecule has 0 aliphatic carbocycles. The highest BCUT2D eigenvalue weighted by Crippen LogP contribution is 2.41. The van der Waals surface area contributed by atoms with Crippen molar-refractivity contribution >= 4 is 0 Å². The van der Waals surface area contributed by atoms with Crippen molar-refractivity contribution in [2.24, 2.45) is 7.05 Å². The first-order valence-electron chi connectivity index (χ1n) is 17.6. The molecule has 0 bridgehead atoms. The second kappa shape index (κ2) is 12.5. The van der Waals surface area contributed by atoms with E-state index in [1.54, 1.807) is 12.1 Å². The molecule has 0 atom stereocenters. The minimum absolute atomic E-state index is 0.170. The van der Waals surface area contributed by atoms with Gasteiger partial charge in [-0.3, -0.25) is 0 Å². The maximum absolute atomic E-state index is 11.6. The Balaban J connectivity index is 1.47. The van der Waals surface area contributed by atoms with E-state index < -0.39 is 6.85 Å². The number of para-hydroxylation sites is 1. The number of hydrogen-bond acceptors (Lipinski definition) is 1. The van der Waals surface area contributed by atoms with E-state index in [-0.39, 0.29) is 5.75 Å². The minimum Gasteiger partial charge on any atom is -0.507 e. The molecule has 0 amide bonds. The Bertz CT molecular complexity index is 2130. The van der Waals surface area contributed by atoms with Crippen molar-refractivity contribution < 1.29 is 13.8 Å². The van der Waals surface area contributed by atoms with E-state index >= 15 is 0 Å². The fourth-order valence-electron chi connectivity index (χ4n) is 6.75. The summed E-state index contributed by atoms with van der Waals surface area (Å²) in [7, 11) is 2.10. The number of rotatable bonds is 7. The van der Waals surface area contributed by atoms with Gasteiger partial charge in [-0.25, -0.2) is 4.57 Å². The summed E-state index contributed by atoms with van der Waals surface area (Å²) in [5, 5.41) is 11.6. The van der Waals surface area contributed by atoms with Crippen molar-refractivity contribution in [3.8, 4) is 56.2 Å². The molecule has 6 rings (SSSR count). The Labute approximate surface area is 278 Å². The van der Waals surface area contributed by atoms with Crippen LogP contribution in [0, 0.1) is 20.7 Å². The summed E-state index contributed by atoms with van der Waals surface area (Å²) in [5.41, 5.74) is 12.4. The molecule has 0 spiro atoms. The number of aromatic hydroxyl groups is 1. The number of aromatic nitrogens is 2. The average Bonchev–Trinajstić information content (AvgIpc) is 3.44. The number of benzene rings is 5. The summed E-state index contributed by atoms with van der Waals surface area (Å²) in [6, 6.07) is 31.6. The first-order chi connectivity index (χ1) is 23.3. The molecule has 0 fully saturated rings. The van der Waals surface area contributed by atoms with Crippen LogP contribution in [0.25, 0.3) is 50.5 Å². The molecule has 1 aromatic heterocycles. The van der Waals surface area contributed by atoms with Crippen LogP contribution in [0.3, 0.4) is 0 Å². The highest BCUT2D eigenvalue weighted by Gasteiger charge is 2.29. The van der Waals surface area contributed by atoms with Crippen LogP contribution < -0.4 is 4.57 Å². The summed E-state index contributed by atoms with van der Waals surface area (Å²) >= 11 is 0. The summed E-state index contributed by atoms with van der Waals surface area (Å²) < 4.78 is 28.9. The van der Waals surface area contributed by atoms with Gasteiger partial charge in [-0.15, -0.1) is 0 Å². The first kappa shape index (κ1) is 27.4. The number of imidazole rings is 1. The van der Waals surface area contributed by atoms with Crippen molar-refractivity contribution in [1.29, 1.82) is 0 Å². The third-order valence-corrected chi connectivity index (χ3v) is 9.21. The molecule has 0 saturated carbocycles. The van der Waals surface area contributed by atoms with E-state index in [4.69, 9.17) is 4.11 Å². The number of aryl methyl sites for hydroxylation is 3. The molecule has 0 aliphatic heterocycles. The van der Waals surface area contributed by atoms with Crippen LogP contribution in [-0.4, -0.2) is 9.67 Å². The Morgan fingerprint density at radius 2 is 1.30 bits per heavy atom. The van der Waals surface area contributed by atoms with Gasteiger partial charge in [0.2, 0.25) is 0 Å². The molecule has 232 valence electrons. The topological polar surface area (TPSA) is 29.0 Å². The van der Waals surface area contributed by atoms with Gasteiger partial charge in [-0.05, 0) is 89.2 Å². The highest BCUT2D eigenvalue weighted by atomic mass is 16.3. The zero-order valence-corrected chi connectivity index (χ0v) is 27.9. The van der Waals surface area contributed by atoms with Gasteiger partial charge < -0.3 is 5.11 Å². The standard InChI is InChI=1S/C43H44N2O/c1-27(2)35-15-12-16-36(28(3)4)42(35)45-24-23-44(8)43(45)41-30(6)18-21-37(31(41)7)38-22-20-34(26-40(38)46)33-19-17-29(5)39(25-33)32-13-10-9-11-14-32/h9-28H,1-8H3/p+1/i5D3. The van der Waals surface area contributed by atoms with E-state index in [2.05, 4.69) is 100 Å². The molecule has 0 aliphatic rings. The number of phenols is 1. The zero-order chi connectivity index (χ0) is 35.2. The van der Waals surface area contributed by atoms with E-state index in [9.17, 15) is 5.11 Å². The summed E-state index contributed by atoms with van der Waals surface area (Å²) in [5.74, 6) is 1.97. The van der Waals surface area contributed by atoms with Gasteiger partial charge >= 0.3 is 0 Å². The lowest BCUT2D eigenvalue weighted by molar-refractivity contribution is -0.659. The van der Waals surface area contributed by atoms with Gasteiger partial charge in [0.1, 0.15) is 23.8 Å². The lowest BCUT2D eigenvalue weighted by Crippen LogP contribution is -2.30. The van der Waals surface area contributed by atoms with Gasteiger partial charge in [-0.2, -0.15) is 4.57 Å². The van der Waals surface area contributed by atoms with Gasteiger partial charge in [0.05, 0.1) is 12.6 Å². The van der Waals surface area contributed by atoms with Gasteiger partial charge in [0.25, 0.3) is 5.82 Å². The summed E-state index contributed by atoms with van der Waals surface area (Å²) in [4.78, 5) is 0. The van der Waals surface area contributed by atoms with Crippen LogP contribution in [-0.2, 0) is 7.05 Å². The minimum atomic E-state index is -2.25. The van der Waals surface area contributed by atoms with E-state index in [0.717, 1.165) is 50.3 Å². The van der Waals surface area contributed by atoms with E-state index in [1.165, 1.54) is 16.8 Å². The predicted molar refractivity (Wildman–Crippen MR) is 193 cm³/mol. The monoisotopic (exact) mass is 608 g/mol. The highest BCUT2D eigenvalue weighted by molar-refractivity contribution is 5.84. The van der Waals surface area contributed by atoms with Crippen molar-refractivity contribution in [3.05, 3.63) is 137 Å². The summed E-state index contributed by atoms with van der Waals surface area (Å²) in [6.45, 7) is 11.0. The maximum atomic E-state index is 11.6. The Morgan fingerprint density at radius 3 is 1.96 bits per heavy atom. The number of phenolic OH excluding ortho intramolecular Hbond substituents is 1. The molecular formula is C43H45N2O+. The maximum Gasteiger partial charge on any atom is 0.294 e. The van der Waals surface area contributed by atoms with E-state index in [1.807, 2.05) is 54.6 Å². The SMILES string of the molecule is [2H]C([2H])([2H])c1ccc(-c2ccc(-c3ccc(C)c(-c4n(-c5c(C(C)C)cccc5C(C)C)cc[n+]4C)c3C)c(O)c2)cc1-c1ccccc1. The van der Waals surface area contributed by atoms with Crippen LogP contribution in [0.2, 0.25) is 0 Å². The predicted octanol–water partition coefficient (Wildman–Crippen LogP) is 10.8. The van der Waals surface area contributed by atoms with Crippen molar-refractivity contribution in [2.45, 2.75) is 60.2 Å². The molecule has 0 saturated heterocycles. The molecule has 46 heavy (non-hydrogen) atoms. The van der Waals surface area contributed by atoms with Crippen LogP contribution in [0.1, 0.15) is 71.5 Å². The fraction of sp³-hybridized carbons (Fsp3) is 0.233. The van der Waals surface area contributed by atoms with Gasteiger partial charge in [0.15, 0.2) is 0 Å². The Kier molecular flexibility index (Phi) is 7.44. The van der Waals surface area contributed by atoms with Crippen molar-refractivity contribution in [1.82, 2.24) is 4.57 Å². The number of hydrogen-bond donors (Lipinski definition) is 1. The third-order valence-electron chi connectivity index (χ3n) is 9.21. The van der Waals surface area contributed by atoms with Crippen LogP contribution in [0.5, 0.6) is 5.75 Å². The molecule has 3 heteroatoms. The van der Waals surface area contributed by atoms with Gasteiger partial charge in [0, 0.05) is 20.8 Å². The smallest absolute Gasteiger partial charge is 0.294 e. The fourth-order valence-corrected chi connectivity index (χ4v) is 6.75. The molecule has 0 radical (unpaired) electrons. The normalized spacial score (nSPS) is 12.8. The van der Waals surface area contributed by atoms with Crippen LogP contribution >= 0.6 is 0 Å². The molecule has 3 nitrogen and oxygen atoms in total. The largest absolute Gasteiger partial charge is 0.507 e. The molecule has 6 aromatic rings. The van der Waals surface area contributed by atoms with Crippen molar-refractivity contribution in [2.75, 3.05) is 0 Å². The van der Waals surface area contributed by atoms with Crippen LogP contribution in [0.15, 0.2) is 109 Å². The lowest BCUT2D eigenvalue weighted by atomic mass is 9.90. The molecular weight excluding hydrogens is 560 g/mol. The molecule has 0 unspecified atom stereocenters. The average molecular weight is 609 g/mol. The molecule has 1 heterocycles. The Hall–Kier alpha value is -4.89. The van der Waals surface area contributed by atoms with Crippen molar-refractivity contribution in [3.63, 3.8) is 0 Å². The van der Waals surface area contributed by atoms with Gasteiger partial charge in [-0.1, -0.05) is 113 Å². The van der Waals surface area contributed by atoms with Crippen LogP contribution in [0.4, 0.5) is 0 Å². The quantitative estimate of drug-likeness (QED) is 0.180. The molecule has 1 N–H and O–H groups in total. The second-order valence-corrected chi connectivity index (χ2v) is 13.0. The lowest BCUT2D eigenvalue weighted by Gasteiger charge is -2.19.